The Morgan fingerprint density at radius 2 is 2.31 bits per heavy atom. The number of nitrogen functional groups attached to an aromatic ring is 1. The number of pyridine rings is 1. The van der Waals surface area contributed by atoms with E-state index in [2.05, 4.69) is 15.2 Å². The van der Waals surface area contributed by atoms with Gasteiger partial charge in [-0.3, -0.25) is 5.10 Å². The topological polar surface area (TPSA) is 67.6 Å². The number of rotatable bonds is 2. The van der Waals surface area contributed by atoms with Crippen LogP contribution in [0.4, 0.5) is 5.82 Å². The summed E-state index contributed by atoms with van der Waals surface area (Å²) in [6, 6.07) is 5.74. The van der Waals surface area contributed by atoms with E-state index in [4.69, 9.17) is 5.73 Å². The van der Waals surface area contributed by atoms with Crippen molar-refractivity contribution in [3.8, 4) is 0 Å². The van der Waals surface area contributed by atoms with E-state index in [1.54, 1.807) is 12.4 Å². The van der Waals surface area contributed by atoms with Gasteiger partial charge in [0.15, 0.2) is 0 Å². The summed E-state index contributed by atoms with van der Waals surface area (Å²) in [4.78, 5) is 5.06. The summed E-state index contributed by atoms with van der Waals surface area (Å²) < 4.78 is 0. The third-order valence-corrected chi connectivity index (χ3v) is 2.48. The fourth-order valence-corrected chi connectivity index (χ4v) is 1.63. The van der Waals surface area contributed by atoms with E-state index in [9.17, 15) is 0 Å². The molecule has 0 bridgehead atoms. The van der Waals surface area contributed by atoms with Crippen LogP contribution in [0.5, 0.6) is 0 Å². The summed E-state index contributed by atoms with van der Waals surface area (Å²) in [5.74, 6) is 0.579. The average molecular weight is 192 g/mol. The summed E-state index contributed by atoms with van der Waals surface area (Å²) in [6.45, 7) is 0. The first-order chi connectivity index (χ1) is 6.36. The van der Waals surface area contributed by atoms with Crippen molar-refractivity contribution >= 4 is 17.6 Å². The van der Waals surface area contributed by atoms with Crippen LogP contribution in [-0.2, 0) is 0 Å². The minimum atomic E-state index is 0.579. The molecule has 0 atom stereocenters. The third-order valence-electron chi connectivity index (χ3n) is 1.48. The molecule has 2 rings (SSSR count). The van der Waals surface area contributed by atoms with Gasteiger partial charge in [-0.15, -0.1) is 0 Å². The number of hydrogen-bond acceptors (Lipinski definition) is 4. The van der Waals surface area contributed by atoms with Crippen LogP contribution >= 0.6 is 11.8 Å². The Morgan fingerprint density at radius 1 is 1.38 bits per heavy atom. The molecule has 0 aliphatic carbocycles. The zero-order chi connectivity index (χ0) is 9.10. The van der Waals surface area contributed by atoms with Crippen LogP contribution in [0.15, 0.2) is 40.5 Å². The molecule has 0 spiro atoms. The molecule has 4 nitrogen and oxygen atoms in total. The predicted molar refractivity (Wildman–Crippen MR) is 51.4 cm³/mol. The van der Waals surface area contributed by atoms with E-state index in [0.717, 1.165) is 9.92 Å². The monoisotopic (exact) mass is 192 g/mol. The zero-order valence-corrected chi connectivity index (χ0v) is 7.58. The molecule has 0 unspecified atom stereocenters. The van der Waals surface area contributed by atoms with Crippen molar-refractivity contribution in [2.45, 2.75) is 9.92 Å². The maximum absolute atomic E-state index is 5.62. The molecule has 0 aliphatic rings. The molecule has 0 amide bonds. The van der Waals surface area contributed by atoms with E-state index < -0.39 is 0 Å². The lowest BCUT2D eigenvalue weighted by atomic mass is 10.5. The van der Waals surface area contributed by atoms with Crippen LogP contribution in [0.1, 0.15) is 0 Å². The standard InChI is InChI=1S/C8H8N4S/c9-8-6(5-11-12-8)13-7-3-1-2-4-10-7/h1-5H,(H3,9,11,12). The Labute approximate surface area is 79.6 Å². The highest BCUT2D eigenvalue weighted by atomic mass is 32.2. The lowest BCUT2D eigenvalue weighted by molar-refractivity contribution is 1.10. The van der Waals surface area contributed by atoms with E-state index in [1.807, 2.05) is 18.2 Å². The zero-order valence-electron chi connectivity index (χ0n) is 6.77. The molecule has 0 saturated carbocycles. The normalized spacial score (nSPS) is 10.2. The fraction of sp³-hybridized carbons (Fsp3) is 0. The van der Waals surface area contributed by atoms with Gasteiger partial charge in [-0.05, 0) is 12.1 Å². The first-order valence-corrected chi connectivity index (χ1v) is 4.55. The molecule has 2 aromatic heterocycles. The van der Waals surface area contributed by atoms with Gasteiger partial charge >= 0.3 is 0 Å². The average Bonchev–Trinajstić information content (AvgIpc) is 2.54. The van der Waals surface area contributed by atoms with Crippen molar-refractivity contribution in [2.24, 2.45) is 0 Å². The fourth-order valence-electron chi connectivity index (χ4n) is 0.887. The van der Waals surface area contributed by atoms with E-state index in [1.165, 1.54) is 11.8 Å². The minimum absolute atomic E-state index is 0.579. The number of nitrogens with two attached hydrogens (primary N) is 1. The van der Waals surface area contributed by atoms with Crippen molar-refractivity contribution in [3.05, 3.63) is 30.6 Å². The maximum Gasteiger partial charge on any atom is 0.133 e. The summed E-state index contributed by atoms with van der Waals surface area (Å²) in [5, 5.41) is 7.40. The van der Waals surface area contributed by atoms with Gasteiger partial charge in [-0.25, -0.2) is 4.98 Å². The number of nitrogens with one attached hydrogen (secondary N) is 1. The van der Waals surface area contributed by atoms with E-state index >= 15 is 0 Å². The van der Waals surface area contributed by atoms with Crippen LogP contribution in [0, 0.1) is 0 Å². The summed E-state index contributed by atoms with van der Waals surface area (Å²) in [7, 11) is 0. The number of H-pyrrole nitrogens is 1. The Bertz CT molecular complexity index is 384. The van der Waals surface area contributed by atoms with Crippen LogP contribution in [0.2, 0.25) is 0 Å². The molecule has 0 aromatic carbocycles. The summed E-state index contributed by atoms with van der Waals surface area (Å²) in [6.07, 6.45) is 3.44. The molecule has 0 radical (unpaired) electrons. The Morgan fingerprint density at radius 3 is 2.92 bits per heavy atom. The van der Waals surface area contributed by atoms with Gasteiger partial charge in [-0.1, -0.05) is 17.8 Å². The molecular formula is C8H8N4S. The van der Waals surface area contributed by atoms with Crippen molar-refractivity contribution < 1.29 is 0 Å². The molecule has 2 aromatic rings. The summed E-state index contributed by atoms with van der Waals surface area (Å²) >= 11 is 1.49. The first-order valence-electron chi connectivity index (χ1n) is 3.74. The quantitative estimate of drug-likeness (QED) is 0.757. The molecule has 0 saturated heterocycles. The largest absolute Gasteiger partial charge is 0.383 e. The molecule has 0 aliphatic heterocycles. The van der Waals surface area contributed by atoms with Gasteiger partial charge in [0.25, 0.3) is 0 Å². The highest BCUT2D eigenvalue weighted by Crippen LogP contribution is 2.28. The molecule has 3 N–H and O–H groups in total. The predicted octanol–water partition coefficient (Wildman–Crippen LogP) is 1.54. The molecule has 2 heterocycles. The maximum atomic E-state index is 5.62. The van der Waals surface area contributed by atoms with Crippen LogP contribution < -0.4 is 5.73 Å². The second-order valence-corrected chi connectivity index (χ2v) is 3.48. The number of aromatic nitrogens is 3. The number of anilines is 1. The van der Waals surface area contributed by atoms with Crippen molar-refractivity contribution in [1.29, 1.82) is 0 Å². The Balaban J connectivity index is 2.20. The molecular weight excluding hydrogens is 184 g/mol. The Hall–Kier alpha value is -1.49. The highest BCUT2D eigenvalue weighted by Gasteiger charge is 2.03. The first kappa shape index (κ1) is 8.12. The van der Waals surface area contributed by atoms with Crippen molar-refractivity contribution in [3.63, 3.8) is 0 Å². The SMILES string of the molecule is Nc1[nH]ncc1Sc1ccccn1. The van der Waals surface area contributed by atoms with E-state index in [0.29, 0.717) is 5.82 Å². The number of aromatic amines is 1. The highest BCUT2D eigenvalue weighted by molar-refractivity contribution is 7.99. The van der Waals surface area contributed by atoms with Gasteiger partial charge in [0, 0.05) is 6.20 Å². The molecule has 5 heteroatoms. The second kappa shape index (κ2) is 3.49. The minimum Gasteiger partial charge on any atom is -0.383 e. The second-order valence-electron chi connectivity index (χ2n) is 2.42. The van der Waals surface area contributed by atoms with Crippen molar-refractivity contribution in [1.82, 2.24) is 15.2 Å². The van der Waals surface area contributed by atoms with Crippen LogP contribution in [-0.4, -0.2) is 15.2 Å². The molecule has 66 valence electrons. The van der Waals surface area contributed by atoms with Gasteiger partial charge in [-0.2, -0.15) is 5.10 Å². The number of hydrogen-bond donors (Lipinski definition) is 2. The van der Waals surface area contributed by atoms with Gasteiger partial charge in [0.1, 0.15) is 10.8 Å². The lowest BCUT2D eigenvalue weighted by Crippen LogP contribution is -1.86. The third kappa shape index (κ3) is 1.81. The Kier molecular flexibility index (Phi) is 2.18. The van der Waals surface area contributed by atoms with E-state index in [-0.39, 0.29) is 0 Å². The molecule has 13 heavy (non-hydrogen) atoms. The number of nitrogens with zero attached hydrogens (tertiary/aromatic N) is 2. The van der Waals surface area contributed by atoms with Gasteiger partial charge in [0.05, 0.1) is 11.1 Å². The smallest absolute Gasteiger partial charge is 0.133 e. The van der Waals surface area contributed by atoms with Crippen LogP contribution in [0.3, 0.4) is 0 Å². The van der Waals surface area contributed by atoms with Crippen LogP contribution in [0.25, 0.3) is 0 Å². The van der Waals surface area contributed by atoms with Gasteiger partial charge in [0.2, 0.25) is 0 Å². The van der Waals surface area contributed by atoms with Gasteiger partial charge < -0.3 is 5.73 Å². The molecule has 0 fully saturated rings. The summed E-state index contributed by atoms with van der Waals surface area (Å²) in [5.41, 5.74) is 5.62. The van der Waals surface area contributed by atoms with Crippen molar-refractivity contribution in [2.75, 3.05) is 5.73 Å². The lowest BCUT2D eigenvalue weighted by Gasteiger charge is -1.96.